The first-order valence-electron chi connectivity index (χ1n) is 15.8. The van der Waals surface area contributed by atoms with Crippen molar-refractivity contribution < 1.29 is 9.59 Å². The molecule has 3 aliphatic rings. The zero-order valence-electron chi connectivity index (χ0n) is 24.8. The lowest BCUT2D eigenvalue weighted by atomic mass is 9.85. The molecule has 2 aliphatic heterocycles. The largest absolute Gasteiger partial charge is 0.315 e. The van der Waals surface area contributed by atoms with Crippen LogP contribution in [-0.4, -0.2) is 34.7 Å². The monoisotopic (exact) mass is 828 g/mol. The molecule has 0 bridgehead atoms. The first kappa shape index (κ1) is 32.4. The highest BCUT2D eigenvalue weighted by atomic mass is 127. The average Bonchev–Trinajstić information content (AvgIpc) is 3.72. The van der Waals surface area contributed by atoms with Gasteiger partial charge in [0.1, 0.15) is 0 Å². The molecule has 4 heterocycles. The molecule has 8 heteroatoms. The first-order chi connectivity index (χ1) is 20.4. The molecule has 1 saturated heterocycles. The molecule has 0 saturated carbocycles. The molecular weight excluding hydrogens is 786 g/mol. The summed E-state index contributed by atoms with van der Waals surface area (Å²) in [5, 5.41) is 0. The van der Waals surface area contributed by atoms with Crippen LogP contribution in [0.15, 0.2) is 53.4 Å². The van der Waals surface area contributed by atoms with Gasteiger partial charge in [-0.05, 0) is 94.4 Å². The lowest BCUT2D eigenvalue weighted by Crippen LogP contribution is -2.28. The van der Waals surface area contributed by atoms with Crippen molar-refractivity contribution in [2.45, 2.75) is 96.8 Å². The van der Waals surface area contributed by atoms with Crippen molar-refractivity contribution in [3.05, 3.63) is 68.9 Å². The minimum atomic E-state index is -0.211. The van der Waals surface area contributed by atoms with E-state index in [-0.39, 0.29) is 23.7 Å². The molecule has 226 valence electrons. The fraction of sp³-hybridized carbons (Fsp3) is 0.529. The van der Waals surface area contributed by atoms with E-state index in [2.05, 4.69) is 100 Å². The number of hydrogen-bond acceptors (Lipinski definition) is 4. The zero-order chi connectivity index (χ0) is 29.6. The van der Waals surface area contributed by atoms with Crippen LogP contribution in [0.25, 0.3) is 5.57 Å². The SMILES string of the molecule is CCCCCCCCN1C(=O)C(c2ccc(I)s2)=C2C=C3C(C=C21)C(c1ccc(I)s1)C(=O)N3CCCCCCCC. The molecular formula is C34H42I2N2O2S2. The van der Waals surface area contributed by atoms with Gasteiger partial charge in [-0.15, -0.1) is 22.7 Å². The van der Waals surface area contributed by atoms with Gasteiger partial charge in [-0.2, -0.15) is 0 Å². The molecule has 2 unspecified atom stereocenters. The third kappa shape index (κ3) is 7.12. The number of carbonyl (C=O) groups excluding carboxylic acids is 2. The van der Waals surface area contributed by atoms with Gasteiger partial charge in [0.15, 0.2) is 0 Å². The second-order valence-corrected chi connectivity index (χ2v) is 17.6. The van der Waals surface area contributed by atoms with Gasteiger partial charge in [0, 0.05) is 45.7 Å². The number of halogens is 2. The second-order valence-electron chi connectivity index (χ2n) is 11.6. The summed E-state index contributed by atoms with van der Waals surface area (Å²) < 4.78 is 2.38. The first-order valence-corrected chi connectivity index (χ1v) is 19.6. The van der Waals surface area contributed by atoms with E-state index in [9.17, 15) is 9.59 Å². The number of allylic oxidation sites excluding steroid dienone is 2. The smallest absolute Gasteiger partial charge is 0.260 e. The zero-order valence-corrected chi connectivity index (χ0v) is 30.7. The van der Waals surface area contributed by atoms with Crippen molar-refractivity contribution in [1.82, 2.24) is 9.80 Å². The normalized spacial score (nSPS) is 20.0. The highest BCUT2D eigenvalue weighted by molar-refractivity contribution is 14.1. The molecule has 2 amide bonds. The van der Waals surface area contributed by atoms with E-state index in [1.165, 1.54) is 57.1 Å². The molecule has 5 rings (SSSR count). The van der Waals surface area contributed by atoms with Crippen LogP contribution in [0.1, 0.15) is 107 Å². The van der Waals surface area contributed by atoms with Crippen LogP contribution in [0.5, 0.6) is 0 Å². The van der Waals surface area contributed by atoms with Crippen molar-refractivity contribution in [3.63, 3.8) is 0 Å². The highest BCUT2D eigenvalue weighted by Crippen LogP contribution is 2.51. The number of nitrogens with zero attached hydrogens (tertiary/aromatic N) is 2. The van der Waals surface area contributed by atoms with Crippen LogP contribution in [0.2, 0.25) is 0 Å². The number of unbranched alkanes of at least 4 members (excludes halogenated alkanes) is 10. The molecule has 42 heavy (non-hydrogen) atoms. The molecule has 0 spiro atoms. The third-order valence-electron chi connectivity index (χ3n) is 8.66. The quantitative estimate of drug-likeness (QED) is 0.125. The number of rotatable bonds is 16. The van der Waals surface area contributed by atoms with Crippen molar-refractivity contribution in [2.24, 2.45) is 5.92 Å². The number of fused-ring (bicyclic) bond motifs is 2. The molecule has 2 atom stereocenters. The van der Waals surface area contributed by atoms with Crippen LogP contribution < -0.4 is 0 Å². The van der Waals surface area contributed by atoms with Crippen molar-refractivity contribution in [1.29, 1.82) is 0 Å². The average molecular weight is 829 g/mol. The standard InChI is InChI=1S/C34H42I2N2O2S2/c1-3-5-7-9-11-13-19-37-25-21-24-26(22-23(25)31(33(37)39)27-15-17-29(35)41-27)38(20-14-12-10-8-6-4-2)34(40)32(24)28-16-18-30(36)42-28/h15-18,21-23,31H,3-14,19-20H2,1-2H3. The molecule has 0 aromatic carbocycles. The molecule has 0 radical (unpaired) electrons. The van der Waals surface area contributed by atoms with Gasteiger partial charge in [0.25, 0.3) is 5.91 Å². The molecule has 1 fully saturated rings. The van der Waals surface area contributed by atoms with Gasteiger partial charge in [-0.3, -0.25) is 9.59 Å². The Bertz CT molecular complexity index is 1370. The minimum Gasteiger partial charge on any atom is -0.315 e. The van der Waals surface area contributed by atoms with Crippen LogP contribution in [0, 0.1) is 11.7 Å². The van der Waals surface area contributed by atoms with Crippen molar-refractivity contribution >= 4 is 85.2 Å². The fourth-order valence-corrected chi connectivity index (χ4v) is 9.96. The topological polar surface area (TPSA) is 40.6 Å². The summed E-state index contributed by atoms with van der Waals surface area (Å²) in [4.78, 5) is 34.5. The molecule has 0 N–H and O–H groups in total. The summed E-state index contributed by atoms with van der Waals surface area (Å²) in [7, 11) is 0. The minimum absolute atomic E-state index is 0.0338. The Balaban J connectivity index is 1.47. The fourth-order valence-electron chi connectivity index (χ4n) is 6.47. The lowest BCUT2D eigenvalue weighted by Gasteiger charge is -2.27. The summed E-state index contributed by atoms with van der Waals surface area (Å²) in [5.41, 5.74) is 3.93. The summed E-state index contributed by atoms with van der Waals surface area (Å²) in [6.07, 6.45) is 18.8. The maximum atomic E-state index is 14.1. The van der Waals surface area contributed by atoms with Gasteiger partial charge >= 0.3 is 0 Å². The van der Waals surface area contributed by atoms with Gasteiger partial charge in [0.05, 0.1) is 17.3 Å². The number of carbonyl (C=O) groups is 2. The number of likely N-dealkylation sites (tertiary alicyclic amines) is 1. The Morgan fingerprint density at radius 1 is 0.738 bits per heavy atom. The highest BCUT2D eigenvalue weighted by Gasteiger charge is 2.49. The van der Waals surface area contributed by atoms with E-state index in [0.717, 1.165) is 71.1 Å². The molecule has 2 aromatic heterocycles. The van der Waals surface area contributed by atoms with Crippen LogP contribution >= 0.6 is 67.9 Å². The van der Waals surface area contributed by atoms with Gasteiger partial charge in [0.2, 0.25) is 5.91 Å². The van der Waals surface area contributed by atoms with E-state index >= 15 is 0 Å². The van der Waals surface area contributed by atoms with E-state index in [1.54, 1.807) is 22.7 Å². The van der Waals surface area contributed by atoms with E-state index in [4.69, 9.17) is 0 Å². The van der Waals surface area contributed by atoms with Crippen molar-refractivity contribution in [2.75, 3.05) is 13.1 Å². The molecule has 2 aromatic rings. The van der Waals surface area contributed by atoms with E-state index < -0.39 is 0 Å². The Labute approximate surface area is 287 Å². The maximum Gasteiger partial charge on any atom is 0.260 e. The Morgan fingerprint density at radius 3 is 1.93 bits per heavy atom. The van der Waals surface area contributed by atoms with E-state index in [0.29, 0.717) is 0 Å². The van der Waals surface area contributed by atoms with Gasteiger partial charge < -0.3 is 9.80 Å². The Kier molecular flexibility index (Phi) is 11.8. The summed E-state index contributed by atoms with van der Waals surface area (Å²) in [6.45, 7) is 5.98. The van der Waals surface area contributed by atoms with Gasteiger partial charge in [-0.25, -0.2) is 0 Å². The third-order valence-corrected chi connectivity index (χ3v) is 12.5. The van der Waals surface area contributed by atoms with Crippen LogP contribution in [0.3, 0.4) is 0 Å². The summed E-state index contributed by atoms with van der Waals surface area (Å²) >= 11 is 8.10. The summed E-state index contributed by atoms with van der Waals surface area (Å²) in [6, 6.07) is 8.44. The van der Waals surface area contributed by atoms with Gasteiger partial charge in [-0.1, -0.05) is 78.1 Å². The number of amides is 2. The number of hydrogen-bond donors (Lipinski definition) is 0. The predicted octanol–water partition coefficient (Wildman–Crippen LogP) is 10.4. The lowest BCUT2D eigenvalue weighted by molar-refractivity contribution is -0.128. The number of thiophene rings is 2. The maximum absolute atomic E-state index is 14.1. The summed E-state index contributed by atoms with van der Waals surface area (Å²) in [5.74, 6) is 0.0949. The molecule has 4 nitrogen and oxygen atoms in total. The molecule has 1 aliphatic carbocycles. The van der Waals surface area contributed by atoms with Crippen LogP contribution in [-0.2, 0) is 9.59 Å². The van der Waals surface area contributed by atoms with E-state index in [1.807, 2.05) is 4.90 Å². The predicted molar refractivity (Wildman–Crippen MR) is 194 cm³/mol. The Morgan fingerprint density at radius 2 is 1.33 bits per heavy atom. The van der Waals surface area contributed by atoms with Crippen LogP contribution in [0.4, 0.5) is 0 Å². The Hall–Kier alpha value is -0.980. The second kappa shape index (κ2) is 15.3. The van der Waals surface area contributed by atoms with Crippen molar-refractivity contribution in [3.8, 4) is 0 Å².